The molecule has 0 spiro atoms. The van der Waals surface area contributed by atoms with Gasteiger partial charge in [0.2, 0.25) is 16.5 Å². The van der Waals surface area contributed by atoms with E-state index in [1.165, 1.54) is 4.57 Å². The van der Waals surface area contributed by atoms with Crippen LogP contribution < -0.4 is 0 Å². The molecule has 0 unspecified atom stereocenters. The lowest BCUT2D eigenvalue weighted by Crippen LogP contribution is -2.21. The molecule has 1 heterocycles. The summed E-state index contributed by atoms with van der Waals surface area (Å²) in [6.45, 7) is 1.73. The maximum absolute atomic E-state index is 11.9. The summed E-state index contributed by atoms with van der Waals surface area (Å²) in [5, 5.41) is 0.000579. The van der Waals surface area contributed by atoms with Gasteiger partial charge in [-0.15, -0.1) is 0 Å². The van der Waals surface area contributed by atoms with Crippen molar-refractivity contribution in [1.29, 1.82) is 0 Å². The molecule has 1 aromatic heterocycles. The summed E-state index contributed by atoms with van der Waals surface area (Å²) in [5.74, 6) is 0. The third-order valence-corrected chi connectivity index (χ3v) is 6.80. The lowest BCUT2D eigenvalue weighted by molar-refractivity contribution is 0.582. The molecule has 0 aromatic carbocycles. The second kappa shape index (κ2) is 3.88. The van der Waals surface area contributed by atoms with Gasteiger partial charge in [-0.05, 0) is 54.7 Å². The summed E-state index contributed by atoms with van der Waals surface area (Å²) >= 11 is 8.92. The summed E-state index contributed by atoms with van der Waals surface area (Å²) in [6, 6.07) is 0. The monoisotopic (exact) mass is 408 g/mol. The Morgan fingerprint density at radius 2 is 1.93 bits per heavy atom. The number of rotatable bonds is 1. The summed E-state index contributed by atoms with van der Waals surface area (Å²) in [6.07, 6.45) is 1.64. The number of imidazole rings is 1. The Morgan fingerprint density at radius 3 is 2.21 bits per heavy atom. The smallest absolute Gasteiger partial charge is 0.247 e. The van der Waals surface area contributed by atoms with E-state index < -0.39 is 11.3 Å². The lowest BCUT2D eigenvalue weighted by Gasteiger charge is -2.12. The average molecular weight is 411 g/mol. The van der Waals surface area contributed by atoms with Gasteiger partial charge in [0.1, 0.15) is 0 Å². The highest BCUT2D eigenvalue weighted by Crippen LogP contribution is 2.42. The van der Waals surface area contributed by atoms with Crippen LogP contribution in [0.2, 0.25) is 0 Å². The molecular weight excluding hydrogens is 404 g/mol. The zero-order chi connectivity index (χ0) is 11.1. The molecule has 0 bridgehead atoms. The van der Waals surface area contributed by atoms with Gasteiger partial charge < -0.3 is 4.57 Å². The molecule has 0 fully saturated rings. The molecule has 0 N–H and O–H groups in total. The Kier molecular flexibility index (Phi) is 3.51. The predicted molar refractivity (Wildman–Crippen MR) is 64.6 cm³/mol. The van der Waals surface area contributed by atoms with Crippen LogP contribution in [0.1, 0.15) is 5.69 Å². The Labute approximate surface area is 107 Å². The first-order valence-corrected chi connectivity index (χ1v) is 7.34. The molecule has 4 nitrogen and oxygen atoms in total. The lowest BCUT2D eigenvalue weighted by atomic mass is 10.6. The first-order chi connectivity index (χ1) is 6.16. The fourth-order valence-electron chi connectivity index (χ4n) is 0.947. The van der Waals surface area contributed by atoms with Crippen LogP contribution in [0.15, 0.2) is 11.4 Å². The minimum Gasteiger partial charge on any atom is -0.325 e. The molecule has 0 radical (unpaired) electrons. The maximum Gasteiger partial charge on any atom is 0.247 e. The second-order valence-electron chi connectivity index (χ2n) is 2.72. The van der Waals surface area contributed by atoms with E-state index >= 15 is 0 Å². The molecule has 1 rings (SSSR count). The van der Waals surface area contributed by atoms with Gasteiger partial charge in [0.05, 0.1) is 5.69 Å². The van der Waals surface area contributed by atoms with E-state index in [9.17, 15) is 8.42 Å². The third kappa shape index (κ3) is 2.23. The Balaban J connectivity index is 3.39. The van der Waals surface area contributed by atoms with Crippen molar-refractivity contribution in [3.05, 3.63) is 11.9 Å². The van der Waals surface area contributed by atoms with Crippen LogP contribution in [0.3, 0.4) is 0 Å². The van der Waals surface area contributed by atoms with Gasteiger partial charge in [0.25, 0.3) is 0 Å². The van der Waals surface area contributed by atoms with Gasteiger partial charge in [-0.3, -0.25) is 0 Å². The van der Waals surface area contributed by atoms with Gasteiger partial charge in [-0.1, -0.05) is 0 Å². The molecule has 1 aromatic rings. The molecule has 0 aliphatic rings. The van der Waals surface area contributed by atoms with Gasteiger partial charge in [-0.25, -0.2) is 13.4 Å². The molecule has 80 valence electrons. The van der Waals surface area contributed by atoms with Crippen LogP contribution in [0.25, 0.3) is 0 Å². The standard InChI is InChI=1S/C6H7Br3N2O2S/c1-4-3-11(2)5(10-4)14(12,13)6(7,8)9/h3H,1-2H3. The van der Waals surface area contributed by atoms with Gasteiger partial charge in [0.15, 0.2) is 0 Å². The first-order valence-electron chi connectivity index (χ1n) is 3.47. The van der Waals surface area contributed by atoms with Crippen molar-refractivity contribution in [3.63, 3.8) is 0 Å². The Bertz CT molecular complexity index is 446. The van der Waals surface area contributed by atoms with Crippen LogP contribution in [0, 0.1) is 6.92 Å². The molecule has 0 aliphatic heterocycles. The molecule has 0 atom stereocenters. The molecule has 0 saturated carbocycles. The minimum absolute atomic E-state index is 0.000579. The Hall–Kier alpha value is 0.600. The molecule has 8 heteroatoms. The fourth-order valence-corrected chi connectivity index (χ4v) is 3.15. The maximum atomic E-state index is 11.9. The SMILES string of the molecule is Cc1cn(C)c(S(=O)(=O)C(Br)(Br)Br)n1. The van der Waals surface area contributed by atoms with Crippen LogP contribution in [-0.2, 0) is 16.9 Å². The van der Waals surface area contributed by atoms with E-state index in [1.54, 1.807) is 20.2 Å². The van der Waals surface area contributed by atoms with E-state index in [1.807, 2.05) is 0 Å². The van der Waals surface area contributed by atoms with Crippen molar-refractivity contribution in [1.82, 2.24) is 9.55 Å². The van der Waals surface area contributed by atoms with Gasteiger partial charge >= 0.3 is 0 Å². The van der Waals surface area contributed by atoms with E-state index in [2.05, 4.69) is 52.8 Å². The van der Waals surface area contributed by atoms with Crippen molar-refractivity contribution in [2.75, 3.05) is 0 Å². The molecule has 14 heavy (non-hydrogen) atoms. The largest absolute Gasteiger partial charge is 0.325 e. The minimum atomic E-state index is -3.58. The quantitative estimate of drug-likeness (QED) is 0.667. The third-order valence-electron chi connectivity index (χ3n) is 1.50. The predicted octanol–water partition coefficient (Wildman–Crippen LogP) is 2.30. The average Bonchev–Trinajstić information content (AvgIpc) is 2.27. The van der Waals surface area contributed by atoms with E-state index in [0.717, 1.165) is 0 Å². The number of sulfone groups is 1. The van der Waals surface area contributed by atoms with Crippen LogP contribution in [0.5, 0.6) is 0 Å². The van der Waals surface area contributed by atoms with Gasteiger partial charge in [-0.2, -0.15) is 0 Å². The van der Waals surface area contributed by atoms with E-state index in [0.29, 0.717) is 5.69 Å². The van der Waals surface area contributed by atoms with Crippen molar-refractivity contribution in [2.24, 2.45) is 7.05 Å². The normalized spacial score (nSPS) is 13.2. The van der Waals surface area contributed by atoms with Gasteiger partial charge in [0, 0.05) is 13.2 Å². The number of hydrogen-bond donors (Lipinski definition) is 0. The summed E-state index contributed by atoms with van der Waals surface area (Å²) in [4.78, 5) is 3.93. The number of nitrogens with zero attached hydrogens (tertiary/aromatic N) is 2. The van der Waals surface area contributed by atoms with E-state index in [-0.39, 0.29) is 5.16 Å². The van der Waals surface area contributed by atoms with E-state index in [4.69, 9.17) is 0 Å². The highest BCUT2D eigenvalue weighted by molar-refractivity contribution is 9.42. The topological polar surface area (TPSA) is 52.0 Å². The number of aryl methyl sites for hydroxylation is 2. The zero-order valence-corrected chi connectivity index (χ0v) is 12.9. The second-order valence-corrected chi connectivity index (χ2v) is 13.0. The molecule has 0 aliphatic carbocycles. The van der Waals surface area contributed by atoms with Crippen molar-refractivity contribution in [2.45, 2.75) is 13.6 Å². The Morgan fingerprint density at radius 1 is 1.43 bits per heavy atom. The van der Waals surface area contributed by atoms with Crippen molar-refractivity contribution >= 4 is 57.6 Å². The molecular formula is C6H7Br3N2O2S. The summed E-state index contributed by atoms with van der Waals surface area (Å²) < 4.78 is 23.8. The van der Waals surface area contributed by atoms with Crippen molar-refractivity contribution in [3.8, 4) is 0 Å². The highest BCUT2D eigenvalue weighted by atomic mass is 80.0. The van der Waals surface area contributed by atoms with Crippen molar-refractivity contribution < 1.29 is 8.42 Å². The molecule has 0 saturated heterocycles. The summed E-state index contributed by atoms with van der Waals surface area (Å²) in [5.41, 5.74) is 0.655. The number of halogens is 3. The fraction of sp³-hybridized carbons (Fsp3) is 0.500. The highest BCUT2D eigenvalue weighted by Gasteiger charge is 2.40. The van der Waals surface area contributed by atoms with Crippen LogP contribution in [0.4, 0.5) is 0 Å². The zero-order valence-electron chi connectivity index (χ0n) is 7.33. The summed E-state index contributed by atoms with van der Waals surface area (Å²) in [7, 11) is -1.95. The number of hydrogen-bond acceptors (Lipinski definition) is 3. The molecule has 0 amide bonds. The van der Waals surface area contributed by atoms with Crippen LogP contribution in [-0.4, -0.2) is 19.4 Å². The number of alkyl halides is 3. The van der Waals surface area contributed by atoms with Crippen LogP contribution >= 0.6 is 47.8 Å². The number of aromatic nitrogens is 2. The first kappa shape index (κ1) is 12.7.